The van der Waals surface area contributed by atoms with Gasteiger partial charge in [-0.25, -0.2) is 0 Å². The first-order chi connectivity index (χ1) is 8.24. The molecule has 0 heterocycles. The highest BCUT2D eigenvalue weighted by molar-refractivity contribution is 5.80. The van der Waals surface area contributed by atoms with Crippen LogP contribution in [0.2, 0.25) is 0 Å². The van der Waals surface area contributed by atoms with E-state index in [0.717, 1.165) is 6.42 Å². The second-order valence-electron chi connectivity index (χ2n) is 4.40. The lowest BCUT2D eigenvalue weighted by Gasteiger charge is -2.14. The third kappa shape index (κ3) is 3.59. The smallest absolute Gasteiger partial charge is 0.0155 e. The number of hydrogen-bond donors (Lipinski definition) is 0. The lowest BCUT2D eigenvalue weighted by Crippen LogP contribution is -1.93. The van der Waals surface area contributed by atoms with Gasteiger partial charge in [0, 0.05) is 0 Å². The molecule has 0 aliphatic rings. The summed E-state index contributed by atoms with van der Waals surface area (Å²) in [5.74, 6) is 0. The summed E-state index contributed by atoms with van der Waals surface area (Å²) < 4.78 is 0. The van der Waals surface area contributed by atoms with Crippen molar-refractivity contribution in [3.63, 3.8) is 0 Å². The molecule has 0 radical (unpaired) electrons. The minimum Gasteiger partial charge on any atom is -0.0810 e. The molecule has 0 fully saturated rings. The number of rotatable bonds is 5. The van der Waals surface area contributed by atoms with E-state index >= 15 is 0 Å². The molecule has 0 bridgehead atoms. The number of benzene rings is 1. The predicted molar refractivity (Wildman–Crippen MR) is 78.1 cm³/mol. The maximum absolute atomic E-state index is 2.37. The molecule has 0 spiro atoms. The van der Waals surface area contributed by atoms with Crippen LogP contribution in [-0.2, 0) is 0 Å². The highest BCUT2D eigenvalue weighted by Crippen LogP contribution is 2.29. The summed E-state index contributed by atoms with van der Waals surface area (Å²) >= 11 is 0. The van der Waals surface area contributed by atoms with Gasteiger partial charge in [-0.15, -0.1) is 0 Å². The maximum atomic E-state index is 2.37. The van der Waals surface area contributed by atoms with Crippen molar-refractivity contribution in [2.24, 2.45) is 0 Å². The minimum absolute atomic E-state index is 1.11. The lowest BCUT2D eigenvalue weighted by atomic mass is 9.91. The summed E-state index contributed by atoms with van der Waals surface area (Å²) in [7, 11) is 0. The standard InChI is InChI=1S/C17H24/c1-5-10-15(11-6-2)16(7-3)17-13-9-8-12-14(17)4/h7-10,12-13H,5-6,11H2,1-4H3/b15-10+,16-7-. The van der Waals surface area contributed by atoms with Gasteiger partial charge in [-0.2, -0.15) is 0 Å². The molecule has 0 saturated heterocycles. The first-order valence-electron chi connectivity index (χ1n) is 6.66. The summed E-state index contributed by atoms with van der Waals surface area (Å²) in [4.78, 5) is 0. The van der Waals surface area contributed by atoms with Crippen molar-refractivity contribution in [2.45, 2.75) is 47.0 Å². The van der Waals surface area contributed by atoms with Crippen molar-refractivity contribution >= 4 is 5.57 Å². The van der Waals surface area contributed by atoms with E-state index in [1.54, 1.807) is 0 Å². The SMILES string of the molecule is C/C=C(/C(=C/CC)CCC)c1ccccc1C. The summed E-state index contributed by atoms with van der Waals surface area (Å²) in [6.07, 6.45) is 8.10. The molecular formula is C17H24. The fraction of sp³-hybridized carbons (Fsp3) is 0.412. The largest absolute Gasteiger partial charge is 0.0810 e. The molecule has 92 valence electrons. The Morgan fingerprint density at radius 1 is 1.18 bits per heavy atom. The molecule has 0 heteroatoms. The summed E-state index contributed by atoms with van der Waals surface area (Å²) in [6.45, 7) is 8.78. The molecular weight excluding hydrogens is 204 g/mol. The molecule has 0 aromatic heterocycles. The highest BCUT2D eigenvalue weighted by Gasteiger charge is 2.08. The molecule has 0 atom stereocenters. The normalized spacial score (nSPS) is 12.9. The molecule has 17 heavy (non-hydrogen) atoms. The molecule has 0 unspecified atom stereocenters. The predicted octanol–water partition coefficient (Wildman–Crippen LogP) is 5.53. The highest BCUT2D eigenvalue weighted by atomic mass is 14.1. The van der Waals surface area contributed by atoms with Crippen molar-refractivity contribution in [2.75, 3.05) is 0 Å². The Balaban J connectivity index is 3.15. The van der Waals surface area contributed by atoms with Crippen molar-refractivity contribution in [3.05, 3.63) is 53.1 Å². The van der Waals surface area contributed by atoms with Gasteiger partial charge in [0.25, 0.3) is 0 Å². The molecule has 0 amide bonds. The number of allylic oxidation sites excluding steroid dienone is 4. The quantitative estimate of drug-likeness (QED) is 0.581. The van der Waals surface area contributed by atoms with Crippen LogP contribution < -0.4 is 0 Å². The second kappa shape index (κ2) is 7.11. The van der Waals surface area contributed by atoms with Crippen LogP contribution in [-0.4, -0.2) is 0 Å². The van der Waals surface area contributed by atoms with E-state index in [2.05, 4.69) is 64.1 Å². The van der Waals surface area contributed by atoms with E-state index < -0.39 is 0 Å². The topological polar surface area (TPSA) is 0 Å². The van der Waals surface area contributed by atoms with Crippen LogP contribution in [0.3, 0.4) is 0 Å². The van der Waals surface area contributed by atoms with E-state index in [9.17, 15) is 0 Å². The van der Waals surface area contributed by atoms with Crippen LogP contribution in [0.5, 0.6) is 0 Å². The Hall–Kier alpha value is -1.30. The summed E-state index contributed by atoms with van der Waals surface area (Å²) in [5.41, 5.74) is 5.64. The van der Waals surface area contributed by atoms with Crippen molar-refractivity contribution in [3.8, 4) is 0 Å². The van der Waals surface area contributed by atoms with Gasteiger partial charge in [-0.3, -0.25) is 0 Å². The number of hydrogen-bond acceptors (Lipinski definition) is 0. The van der Waals surface area contributed by atoms with Crippen LogP contribution in [0.25, 0.3) is 5.57 Å². The van der Waals surface area contributed by atoms with Gasteiger partial charge in [-0.05, 0) is 49.0 Å². The number of aryl methyl sites for hydroxylation is 1. The molecule has 0 N–H and O–H groups in total. The van der Waals surface area contributed by atoms with Gasteiger partial charge in [0.2, 0.25) is 0 Å². The van der Waals surface area contributed by atoms with Gasteiger partial charge in [0.1, 0.15) is 0 Å². The zero-order chi connectivity index (χ0) is 12.7. The van der Waals surface area contributed by atoms with Gasteiger partial charge < -0.3 is 0 Å². The fourth-order valence-corrected chi connectivity index (χ4v) is 2.25. The van der Waals surface area contributed by atoms with Gasteiger partial charge in [-0.1, -0.05) is 56.7 Å². The molecule has 1 rings (SSSR count). The van der Waals surface area contributed by atoms with E-state index in [1.165, 1.54) is 35.1 Å². The van der Waals surface area contributed by atoms with Crippen LogP contribution in [0.4, 0.5) is 0 Å². The lowest BCUT2D eigenvalue weighted by molar-refractivity contribution is 0.921. The Morgan fingerprint density at radius 3 is 2.41 bits per heavy atom. The van der Waals surface area contributed by atoms with Crippen LogP contribution in [0.1, 0.15) is 51.2 Å². The average Bonchev–Trinajstić information content (AvgIpc) is 2.33. The first kappa shape index (κ1) is 13.8. The Morgan fingerprint density at radius 2 is 1.88 bits per heavy atom. The fourth-order valence-electron chi connectivity index (χ4n) is 2.25. The van der Waals surface area contributed by atoms with E-state index in [-0.39, 0.29) is 0 Å². The third-order valence-corrected chi connectivity index (χ3v) is 3.04. The maximum Gasteiger partial charge on any atom is -0.0155 e. The van der Waals surface area contributed by atoms with Gasteiger partial charge in [0.15, 0.2) is 0 Å². The molecule has 0 nitrogen and oxygen atoms in total. The monoisotopic (exact) mass is 228 g/mol. The molecule has 0 saturated carbocycles. The van der Waals surface area contributed by atoms with Gasteiger partial charge >= 0.3 is 0 Å². The van der Waals surface area contributed by atoms with E-state index in [4.69, 9.17) is 0 Å². The second-order valence-corrected chi connectivity index (χ2v) is 4.40. The van der Waals surface area contributed by atoms with Crippen molar-refractivity contribution < 1.29 is 0 Å². The third-order valence-electron chi connectivity index (χ3n) is 3.04. The van der Waals surface area contributed by atoms with Crippen LogP contribution in [0.15, 0.2) is 42.0 Å². The Kier molecular flexibility index (Phi) is 5.76. The van der Waals surface area contributed by atoms with E-state index in [1.807, 2.05) is 0 Å². The minimum atomic E-state index is 1.11. The van der Waals surface area contributed by atoms with Crippen LogP contribution >= 0.6 is 0 Å². The first-order valence-corrected chi connectivity index (χ1v) is 6.66. The molecule has 0 aliphatic carbocycles. The average molecular weight is 228 g/mol. The summed E-state index contributed by atoms with van der Waals surface area (Å²) in [6, 6.07) is 8.65. The van der Waals surface area contributed by atoms with Gasteiger partial charge in [0.05, 0.1) is 0 Å². The Bertz CT molecular complexity index is 408. The van der Waals surface area contributed by atoms with Crippen molar-refractivity contribution in [1.82, 2.24) is 0 Å². The zero-order valence-electron chi connectivity index (χ0n) is 11.6. The van der Waals surface area contributed by atoms with E-state index in [0.29, 0.717) is 0 Å². The Labute approximate surface area is 106 Å². The van der Waals surface area contributed by atoms with Crippen molar-refractivity contribution in [1.29, 1.82) is 0 Å². The zero-order valence-corrected chi connectivity index (χ0v) is 11.6. The molecule has 0 aliphatic heterocycles. The summed E-state index contributed by atoms with van der Waals surface area (Å²) in [5, 5.41) is 0. The van der Waals surface area contributed by atoms with Crippen LogP contribution in [0, 0.1) is 6.92 Å². The molecule has 1 aromatic rings. The molecule has 1 aromatic carbocycles.